The first-order valence-corrected chi connectivity index (χ1v) is 4.77. The number of benzene rings is 1. The molecule has 0 bridgehead atoms. The van der Waals surface area contributed by atoms with Gasteiger partial charge in [0.25, 0.3) is 0 Å². The van der Waals surface area contributed by atoms with E-state index >= 15 is 0 Å². The molecule has 1 aromatic rings. The van der Waals surface area contributed by atoms with Crippen molar-refractivity contribution in [2.24, 2.45) is 0 Å². The monoisotopic (exact) mass is 180 g/mol. The highest BCUT2D eigenvalue weighted by molar-refractivity contribution is 5.44. The molecule has 0 atom stereocenters. The van der Waals surface area contributed by atoms with Gasteiger partial charge in [-0.05, 0) is 37.5 Å². The quantitative estimate of drug-likeness (QED) is 0.641. The standard InChI is InChI=1S/C10H14O.C2H6/c1-7-5-6-8(2)10(11-4)9(7)3;1-2/h5-6H,1-4H3;1-2H3. The van der Waals surface area contributed by atoms with Gasteiger partial charge < -0.3 is 4.74 Å². The fraction of sp³-hybridized carbons (Fsp3) is 0.500. The Hall–Kier alpha value is -0.980. The van der Waals surface area contributed by atoms with E-state index in [1.54, 1.807) is 7.11 Å². The van der Waals surface area contributed by atoms with E-state index in [4.69, 9.17) is 4.74 Å². The van der Waals surface area contributed by atoms with Gasteiger partial charge in [-0.15, -0.1) is 0 Å². The van der Waals surface area contributed by atoms with E-state index < -0.39 is 0 Å². The largest absolute Gasteiger partial charge is 0.496 e. The first-order chi connectivity index (χ1) is 6.16. The predicted molar refractivity (Wildman–Crippen MR) is 58.6 cm³/mol. The van der Waals surface area contributed by atoms with E-state index in [1.165, 1.54) is 16.7 Å². The molecule has 0 aromatic heterocycles. The Balaban J connectivity index is 0.000000671. The zero-order valence-electron chi connectivity index (χ0n) is 9.56. The first kappa shape index (κ1) is 12.0. The number of aryl methyl sites for hydroxylation is 2. The van der Waals surface area contributed by atoms with Crippen LogP contribution in [-0.4, -0.2) is 7.11 Å². The van der Waals surface area contributed by atoms with Crippen molar-refractivity contribution in [1.82, 2.24) is 0 Å². The Kier molecular flexibility index (Phi) is 5.20. The van der Waals surface area contributed by atoms with Crippen LogP contribution in [0.25, 0.3) is 0 Å². The zero-order valence-corrected chi connectivity index (χ0v) is 9.56. The van der Waals surface area contributed by atoms with Crippen molar-refractivity contribution < 1.29 is 4.74 Å². The van der Waals surface area contributed by atoms with Gasteiger partial charge in [-0.3, -0.25) is 0 Å². The van der Waals surface area contributed by atoms with Gasteiger partial charge in [0, 0.05) is 0 Å². The van der Waals surface area contributed by atoms with Gasteiger partial charge >= 0.3 is 0 Å². The summed E-state index contributed by atoms with van der Waals surface area (Å²) < 4.78 is 5.26. The molecule has 74 valence electrons. The summed E-state index contributed by atoms with van der Waals surface area (Å²) in [4.78, 5) is 0. The maximum atomic E-state index is 5.26. The van der Waals surface area contributed by atoms with E-state index in [0.29, 0.717) is 0 Å². The molecule has 0 saturated heterocycles. The maximum Gasteiger partial charge on any atom is 0.124 e. The molecule has 13 heavy (non-hydrogen) atoms. The lowest BCUT2D eigenvalue weighted by Crippen LogP contribution is -1.92. The third-order valence-corrected chi connectivity index (χ3v) is 2.08. The van der Waals surface area contributed by atoms with Crippen molar-refractivity contribution in [3.05, 3.63) is 28.8 Å². The third-order valence-electron chi connectivity index (χ3n) is 2.08. The second-order valence-electron chi connectivity index (χ2n) is 2.86. The number of rotatable bonds is 1. The van der Waals surface area contributed by atoms with Crippen LogP contribution in [0.4, 0.5) is 0 Å². The first-order valence-electron chi connectivity index (χ1n) is 4.77. The summed E-state index contributed by atoms with van der Waals surface area (Å²) in [6, 6.07) is 4.20. The highest BCUT2D eigenvalue weighted by atomic mass is 16.5. The normalized spacial score (nSPS) is 8.77. The van der Waals surface area contributed by atoms with E-state index in [-0.39, 0.29) is 0 Å². The minimum Gasteiger partial charge on any atom is -0.496 e. The van der Waals surface area contributed by atoms with E-state index in [9.17, 15) is 0 Å². The molecule has 0 unspecified atom stereocenters. The van der Waals surface area contributed by atoms with Crippen LogP contribution in [0.3, 0.4) is 0 Å². The van der Waals surface area contributed by atoms with E-state index in [2.05, 4.69) is 32.9 Å². The van der Waals surface area contributed by atoms with Gasteiger partial charge in [0.05, 0.1) is 7.11 Å². The Bertz CT molecular complexity index is 264. The van der Waals surface area contributed by atoms with Crippen molar-refractivity contribution in [2.75, 3.05) is 7.11 Å². The molecular weight excluding hydrogens is 160 g/mol. The average molecular weight is 180 g/mol. The van der Waals surface area contributed by atoms with Crippen LogP contribution >= 0.6 is 0 Å². The van der Waals surface area contributed by atoms with E-state index in [0.717, 1.165) is 5.75 Å². The highest BCUT2D eigenvalue weighted by Gasteiger charge is 2.03. The lowest BCUT2D eigenvalue weighted by Gasteiger charge is -2.09. The molecule has 0 N–H and O–H groups in total. The Morgan fingerprint density at radius 1 is 0.923 bits per heavy atom. The molecular formula is C12H20O. The summed E-state index contributed by atoms with van der Waals surface area (Å²) in [6.45, 7) is 10.2. The molecule has 0 amide bonds. The molecule has 0 radical (unpaired) electrons. The molecule has 0 saturated carbocycles. The van der Waals surface area contributed by atoms with Crippen molar-refractivity contribution in [3.63, 3.8) is 0 Å². The molecule has 1 nitrogen and oxygen atoms in total. The third kappa shape index (κ3) is 2.76. The maximum absolute atomic E-state index is 5.26. The van der Waals surface area contributed by atoms with Crippen LogP contribution in [0.1, 0.15) is 30.5 Å². The lowest BCUT2D eigenvalue weighted by atomic mass is 10.1. The molecule has 1 heteroatoms. The Labute approximate surface area is 81.7 Å². The van der Waals surface area contributed by atoms with Gasteiger partial charge in [-0.2, -0.15) is 0 Å². The summed E-state index contributed by atoms with van der Waals surface area (Å²) in [7, 11) is 1.72. The van der Waals surface area contributed by atoms with Crippen LogP contribution in [0.5, 0.6) is 5.75 Å². The fourth-order valence-corrected chi connectivity index (χ4v) is 1.24. The van der Waals surface area contributed by atoms with Crippen LogP contribution < -0.4 is 4.74 Å². The predicted octanol–water partition coefficient (Wildman–Crippen LogP) is 3.65. The number of hydrogen-bond donors (Lipinski definition) is 0. The average Bonchev–Trinajstić information content (AvgIpc) is 2.16. The zero-order chi connectivity index (χ0) is 10.4. The molecule has 0 heterocycles. The second kappa shape index (κ2) is 5.63. The van der Waals surface area contributed by atoms with Crippen LogP contribution in [0.15, 0.2) is 12.1 Å². The highest BCUT2D eigenvalue weighted by Crippen LogP contribution is 2.24. The van der Waals surface area contributed by atoms with Gasteiger partial charge in [-0.25, -0.2) is 0 Å². The second-order valence-corrected chi connectivity index (χ2v) is 2.86. The summed E-state index contributed by atoms with van der Waals surface area (Å²) in [6.07, 6.45) is 0. The van der Waals surface area contributed by atoms with Crippen LogP contribution in [0, 0.1) is 20.8 Å². The Morgan fingerprint density at radius 2 is 1.38 bits per heavy atom. The Morgan fingerprint density at radius 3 is 1.77 bits per heavy atom. The van der Waals surface area contributed by atoms with Gasteiger partial charge in [0.2, 0.25) is 0 Å². The SMILES string of the molecule is CC.COc1c(C)ccc(C)c1C. The summed E-state index contributed by atoms with van der Waals surface area (Å²) in [5, 5.41) is 0. The van der Waals surface area contributed by atoms with Crippen LogP contribution in [-0.2, 0) is 0 Å². The smallest absolute Gasteiger partial charge is 0.124 e. The van der Waals surface area contributed by atoms with Gasteiger partial charge in [0.1, 0.15) is 5.75 Å². The van der Waals surface area contributed by atoms with Gasteiger partial charge in [-0.1, -0.05) is 26.0 Å². The van der Waals surface area contributed by atoms with Gasteiger partial charge in [0.15, 0.2) is 0 Å². The van der Waals surface area contributed by atoms with E-state index in [1.807, 2.05) is 13.8 Å². The molecule has 0 aliphatic carbocycles. The molecule has 0 aliphatic heterocycles. The summed E-state index contributed by atoms with van der Waals surface area (Å²) >= 11 is 0. The molecule has 1 rings (SSSR count). The van der Waals surface area contributed by atoms with Crippen molar-refractivity contribution in [2.45, 2.75) is 34.6 Å². The molecule has 0 spiro atoms. The lowest BCUT2D eigenvalue weighted by molar-refractivity contribution is 0.408. The van der Waals surface area contributed by atoms with Crippen LogP contribution in [0.2, 0.25) is 0 Å². The summed E-state index contributed by atoms with van der Waals surface area (Å²) in [5.41, 5.74) is 3.73. The molecule has 0 aliphatic rings. The number of ether oxygens (including phenoxy) is 1. The number of hydrogen-bond acceptors (Lipinski definition) is 1. The summed E-state index contributed by atoms with van der Waals surface area (Å²) in [5.74, 6) is 1.02. The molecule has 0 fully saturated rings. The van der Waals surface area contributed by atoms with Crippen molar-refractivity contribution in [1.29, 1.82) is 0 Å². The van der Waals surface area contributed by atoms with Crippen molar-refractivity contribution in [3.8, 4) is 5.75 Å². The fourth-order valence-electron chi connectivity index (χ4n) is 1.24. The minimum atomic E-state index is 1.02. The minimum absolute atomic E-state index is 1.02. The molecule has 1 aromatic carbocycles. The van der Waals surface area contributed by atoms with Crippen molar-refractivity contribution >= 4 is 0 Å². The number of methoxy groups -OCH3 is 1. The topological polar surface area (TPSA) is 9.23 Å².